The summed E-state index contributed by atoms with van der Waals surface area (Å²) in [5.41, 5.74) is 1.62. The topological polar surface area (TPSA) is 68.0 Å². The summed E-state index contributed by atoms with van der Waals surface area (Å²) in [6, 6.07) is 4.87. The van der Waals surface area contributed by atoms with Gasteiger partial charge >= 0.3 is 5.97 Å². The average Bonchev–Trinajstić information content (AvgIpc) is 3.17. The fourth-order valence-electron chi connectivity index (χ4n) is 2.23. The number of hydrogen-bond acceptors (Lipinski definition) is 4. The first-order chi connectivity index (χ1) is 10.1. The standard InChI is InChI=1S/C14H14FN3O2S/c1-8-6-9(15)2-5-11(8)13-16-17-14(21-7-12(19)20)18(13)10-3-4-10/h2,5-6,10H,3-4,7H2,1H3,(H,19,20). The lowest BCUT2D eigenvalue weighted by molar-refractivity contribution is -0.133. The van der Waals surface area contributed by atoms with E-state index in [0.29, 0.717) is 17.0 Å². The first-order valence-corrected chi connectivity index (χ1v) is 7.61. The van der Waals surface area contributed by atoms with Crippen molar-refractivity contribution in [2.75, 3.05) is 5.75 Å². The molecule has 0 saturated heterocycles. The van der Waals surface area contributed by atoms with Crippen LogP contribution in [0.5, 0.6) is 0 Å². The van der Waals surface area contributed by atoms with Crippen LogP contribution in [-0.2, 0) is 4.79 Å². The van der Waals surface area contributed by atoms with Crippen molar-refractivity contribution in [3.05, 3.63) is 29.6 Å². The van der Waals surface area contributed by atoms with Crippen molar-refractivity contribution >= 4 is 17.7 Å². The lowest BCUT2D eigenvalue weighted by Gasteiger charge is -2.10. The predicted molar refractivity (Wildman–Crippen MR) is 76.8 cm³/mol. The third kappa shape index (κ3) is 2.92. The van der Waals surface area contributed by atoms with E-state index in [0.717, 1.165) is 35.7 Å². The molecule has 1 fully saturated rings. The second-order valence-electron chi connectivity index (χ2n) is 5.05. The Morgan fingerprint density at radius 2 is 2.24 bits per heavy atom. The molecular weight excluding hydrogens is 293 g/mol. The summed E-state index contributed by atoms with van der Waals surface area (Å²) in [5, 5.41) is 17.7. The van der Waals surface area contributed by atoms with E-state index in [-0.39, 0.29) is 11.6 Å². The van der Waals surface area contributed by atoms with Crippen molar-refractivity contribution in [2.45, 2.75) is 31.0 Å². The summed E-state index contributed by atoms with van der Waals surface area (Å²) in [6.07, 6.45) is 2.07. The number of hydrogen-bond donors (Lipinski definition) is 1. The van der Waals surface area contributed by atoms with E-state index in [9.17, 15) is 9.18 Å². The van der Waals surface area contributed by atoms with Crippen molar-refractivity contribution < 1.29 is 14.3 Å². The smallest absolute Gasteiger partial charge is 0.313 e. The predicted octanol–water partition coefficient (Wildman–Crippen LogP) is 2.90. The molecule has 110 valence electrons. The fourth-order valence-corrected chi connectivity index (χ4v) is 2.95. The molecule has 1 aliphatic rings. The summed E-state index contributed by atoms with van der Waals surface area (Å²) in [7, 11) is 0. The van der Waals surface area contributed by atoms with Gasteiger partial charge in [-0.3, -0.25) is 9.36 Å². The maximum absolute atomic E-state index is 13.2. The van der Waals surface area contributed by atoms with Gasteiger partial charge in [-0.25, -0.2) is 4.39 Å². The molecule has 3 rings (SSSR count). The highest BCUT2D eigenvalue weighted by Crippen LogP contribution is 2.41. The van der Waals surface area contributed by atoms with Gasteiger partial charge in [-0.2, -0.15) is 0 Å². The molecule has 0 bridgehead atoms. The van der Waals surface area contributed by atoms with Crippen LogP contribution in [0.3, 0.4) is 0 Å². The minimum absolute atomic E-state index is 0.0484. The van der Waals surface area contributed by atoms with Crippen LogP contribution in [0.25, 0.3) is 11.4 Å². The van der Waals surface area contributed by atoms with Crippen LogP contribution in [0.4, 0.5) is 4.39 Å². The van der Waals surface area contributed by atoms with Gasteiger partial charge in [-0.05, 0) is 43.5 Å². The van der Waals surface area contributed by atoms with Gasteiger partial charge in [-0.15, -0.1) is 10.2 Å². The number of aryl methyl sites for hydroxylation is 1. The van der Waals surface area contributed by atoms with Gasteiger partial charge in [0.1, 0.15) is 5.82 Å². The van der Waals surface area contributed by atoms with E-state index in [1.165, 1.54) is 12.1 Å². The zero-order chi connectivity index (χ0) is 15.0. The maximum atomic E-state index is 13.2. The van der Waals surface area contributed by atoms with Crippen molar-refractivity contribution in [2.24, 2.45) is 0 Å². The summed E-state index contributed by atoms with van der Waals surface area (Å²) >= 11 is 1.16. The Morgan fingerprint density at radius 1 is 1.48 bits per heavy atom. The highest BCUT2D eigenvalue weighted by atomic mass is 32.2. The lowest BCUT2D eigenvalue weighted by atomic mass is 10.1. The van der Waals surface area contributed by atoms with Crippen LogP contribution in [-0.4, -0.2) is 31.6 Å². The number of carboxylic acids is 1. The Bertz CT molecular complexity index is 698. The van der Waals surface area contributed by atoms with Crippen LogP contribution >= 0.6 is 11.8 Å². The highest BCUT2D eigenvalue weighted by molar-refractivity contribution is 7.99. The SMILES string of the molecule is Cc1cc(F)ccc1-c1nnc(SCC(=O)O)n1C1CC1. The zero-order valence-electron chi connectivity index (χ0n) is 11.4. The second kappa shape index (κ2) is 5.48. The third-order valence-electron chi connectivity index (χ3n) is 3.33. The minimum Gasteiger partial charge on any atom is -0.481 e. The van der Waals surface area contributed by atoms with Gasteiger partial charge in [0.15, 0.2) is 11.0 Å². The van der Waals surface area contributed by atoms with Crippen LogP contribution in [0.15, 0.2) is 23.4 Å². The molecule has 0 aliphatic heterocycles. The Morgan fingerprint density at radius 3 is 2.86 bits per heavy atom. The van der Waals surface area contributed by atoms with Gasteiger partial charge < -0.3 is 5.11 Å². The number of halogens is 1. The summed E-state index contributed by atoms with van der Waals surface area (Å²) in [4.78, 5) is 10.7. The largest absolute Gasteiger partial charge is 0.481 e. The molecule has 2 aromatic rings. The van der Waals surface area contributed by atoms with E-state index in [2.05, 4.69) is 10.2 Å². The quantitative estimate of drug-likeness (QED) is 0.860. The first kappa shape index (κ1) is 14.1. The monoisotopic (exact) mass is 307 g/mol. The molecule has 1 heterocycles. The average molecular weight is 307 g/mol. The van der Waals surface area contributed by atoms with Crippen LogP contribution in [0, 0.1) is 12.7 Å². The van der Waals surface area contributed by atoms with Crippen molar-refractivity contribution in [1.82, 2.24) is 14.8 Å². The highest BCUT2D eigenvalue weighted by Gasteiger charge is 2.30. The molecule has 5 nitrogen and oxygen atoms in total. The molecule has 7 heteroatoms. The number of aromatic nitrogens is 3. The Labute approximate surface area is 125 Å². The van der Waals surface area contributed by atoms with Gasteiger partial charge in [0.25, 0.3) is 0 Å². The molecular formula is C14H14FN3O2S. The number of carboxylic acid groups (broad SMARTS) is 1. The lowest BCUT2D eigenvalue weighted by Crippen LogP contribution is -2.03. The van der Waals surface area contributed by atoms with Crippen molar-refractivity contribution in [1.29, 1.82) is 0 Å². The summed E-state index contributed by atoms with van der Waals surface area (Å²) in [6.45, 7) is 1.83. The Balaban J connectivity index is 2.00. The second-order valence-corrected chi connectivity index (χ2v) is 5.99. The number of nitrogens with zero attached hydrogens (tertiary/aromatic N) is 3. The third-order valence-corrected chi connectivity index (χ3v) is 4.26. The molecule has 0 amide bonds. The fraction of sp³-hybridized carbons (Fsp3) is 0.357. The molecule has 0 radical (unpaired) electrons. The number of rotatable bonds is 5. The number of thioether (sulfide) groups is 1. The minimum atomic E-state index is -0.884. The molecule has 21 heavy (non-hydrogen) atoms. The molecule has 0 unspecified atom stereocenters. The normalized spacial score (nSPS) is 14.4. The van der Waals surface area contributed by atoms with Gasteiger partial charge in [-0.1, -0.05) is 11.8 Å². The van der Waals surface area contributed by atoms with E-state index >= 15 is 0 Å². The summed E-state index contributed by atoms with van der Waals surface area (Å²) in [5.74, 6) is -0.533. The Hall–Kier alpha value is -1.89. The molecule has 0 atom stereocenters. The number of benzene rings is 1. The molecule has 0 spiro atoms. The van der Waals surface area contributed by atoms with Crippen LogP contribution in [0.2, 0.25) is 0 Å². The van der Waals surface area contributed by atoms with Gasteiger partial charge in [0.05, 0.1) is 5.75 Å². The molecule has 1 saturated carbocycles. The number of aliphatic carboxylic acids is 1. The molecule has 1 aromatic carbocycles. The van der Waals surface area contributed by atoms with Crippen LogP contribution < -0.4 is 0 Å². The van der Waals surface area contributed by atoms with Crippen molar-refractivity contribution in [3.8, 4) is 11.4 Å². The first-order valence-electron chi connectivity index (χ1n) is 6.62. The van der Waals surface area contributed by atoms with E-state index in [4.69, 9.17) is 5.11 Å². The molecule has 1 aromatic heterocycles. The van der Waals surface area contributed by atoms with Gasteiger partial charge in [0.2, 0.25) is 0 Å². The van der Waals surface area contributed by atoms with Gasteiger partial charge in [0, 0.05) is 11.6 Å². The van der Waals surface area contributed by atoms with Crippen molar-refractivity contribution in [3.63, 3.8) is 0 Å². The summed E-state index contributed by atoms with van der Waals surface area (Å²) < 4.78 is 15.2. The maximum Gasteiger partial charge on any atom is 0.313 e. The van der Waals surface area contributed by atoms with Crippen LogP contribution in [0.1, 0.15) is 24.4 Å². The Kier molecular flexibility index (Phi) is 3.67. The molecule has 1 N–H and O–H groups in total. The number of carbonyl (C=O) groups is 1. The van der Waals surface area contributed by atoms with E-state index in [1.807, 2.05) is 11.5 Å². The van der Waals surface area contributed by atoms with E-state index in [1.54, 1.807) is 6.07 Å². The molecule has 1 aliphatic carbocycles. The van der Waals surface area contributed by atoms with E-state index < -0.39 is 5.97 Å². The zero-order valence-corrected chi connectivity index (χ0v) is 12.2.